The minimum Gasteiger partial charge on any atom is -0.382 e. The molecule has 1 aromatic rings. The van der Waals surface area contributed by atoms with Crippen LogP contribution in [0.5, 0.6) is 0 Å². The molecule has 0 radical (unpaired) electrons. The number of amides is 1. The number of aromatic nitrogens is 1. The van der Waals surface area contributed by atoms with E-state index in [1.54, 1.807) is 11.9 Å². The zero-order valence-corrected chi connectivity index (χ0v) is 12.8. The van der Waals surface area contributed by atoms with Crippen LogP contribution in [0.25, 0.3) is 0 Å². The number of ether oxygens (including phenoxy) is 1. The summed E-state index contributed by atoms with van der Waals surface area (Å²) < 4.78 is 5.24. The summed E-state index contributed by atoms with van der Waals surface area (Å²) in [6.07, 6.45) is 0. The highest BCUT2D eigenvalue weighted by molar-refractivity contribution is 7.18. The van der Waals surface area contributed by atoms with Crippen molar-refractivity contribution < 1.29 is 9.53 Å². The lowest BCUT2D eigenvalue weighted by molar-refractivity contribution is 0.0715. The summed E-state index contributed by atoms with van der Waals surface area (Å²) in [5.41, 5.74) is 5.82. The molecular weight excluding hydrogens is 264 g/mol. The molecule has 0 unspecified atom stereocenters. The summed E-state index contributed by atoms with van der Waals surface area (Å²) in [6, 6.07) is 0. The third-order valence-electron chi connectivity index (χ3n) is 2.76. The predicted molar refractivity (Wildman–Crippen MR) is 78.9 cm³/mol. The van der Waals surface area contributed by atoms with Gasteiger partial charge in [0.15, 0.2) is 5.13 Å². The van der Waals surface area contributed by atoms with E-state index in [0.29, 0.717) is 30.5 Å². The summed E-state index contributed by atoms with van der Waals surface area (Å²) in [4.78, 5) is 20.5. The van der Waals surface area contributed by atoms with E-state index in [-0.39, 0.29) is 5.91 Å². The molecule has 0 aliphatic carbocycles. The number of rotatable bonds is 7. The normalized spacial score (nSPS) is 10.5. The van der Waals surface area contributed by atoms with Crippen LogP contribution in [0.3, 0.4) is 0 Å². The Bertz CT molecular complexity index is 422. The largest absolute Gasteiger partial charge is 0.382 e. The fourth-order valence-electron chi connectivity index (χ4n) is 1.39. The highest BCUT2D eigenvalue weighted by Gasteiger charge is 2.20. The maximum atomic E-state index is 12.2. The smallest absolute Gasteiger partial charge is 0.267 e. The van der Waals surface area contributed by atoms with Gasteiger partial charge in [-0.05, 0) is 13.8 Å². The fraction of sp³-hybridized carbons (Fsp3) is 0.667. The minimum absolute atomic E-state index is 0.106. The van der Waals surface area contributed by atoms with Crippen molar-refractivity contribution in [3.05, 3.63) is 4.88 Å². The van der Waals surface area contributed by atoms with E-state index in [9.17, 15) is 4.79 Å². The third-order valence-corrected chi connectivity index (χ3v) is 3.93. The number of thiazole rings is 1. The zero-order valence-electron chi connectivity index (χ0n) is 12.0. The third kappa shape index (κ3) is 4.07. The van der Waals surface area contributed by atoms with E-state index in [0.717, 1.165) is 11.7 Å². The second-order valence-corrected chi connectivity index (χ2v) is 5.13. The van der Waals surface area contributed by atoms with E-state index in [1.165, 1.54) is 11.3 Å². The van der Waals surface area contributed by atoms with Gasteiger partial charge in [-0.1, -0.05) is 11.3 Å². The highest BCUT2D eigenvalue weighted by Crippen LogP contribution is 2.28. The van der Waals surface area contributed by atoms with Crippen LogP contribution in [0, 0.1) is 0 Å². The average molecular weight is 286 g/mol. The van der Waals surface area contributed by atoms with E-state index in [4.69, 9.17) is 10.5 Å². The molecule has 0 aliphatic heterocycles. The SMILES string of the molecule is CCOCCN(C)C(=O)c1sc(N(C)CC)nc1N. The molecule has 0 atom stereocenters. The lowest BCUT2D eigenvalue weighted by Crippen LogP contribution is -2.30. The van der Waals surface area contributed by atoms with Gasteiger partial charge in [-0.25, -0.2) is 4.98 Å². The summed E-state index contributed by atoms with van der Waals surface area (Å²) in [7, 11) is 3.66. The van der Waals surface area contributed by atoms with Crippen molar-refractivity contribution >= 4 is 28.2 Å². The molecule has 0 fully saturated rings. The Hall–Kier alpha value is -1.34. The topological polar surface area (TPSA) is 71.7 Å². The van der Waals surface area contributed by atoms with Crippen molar-refractivity contribution in [1.82, 2.24) is 9.88 Å². The first-order chi connectivity index (χ1) is 9.01. The molecule has 19 heavy (non-hydrogen) atoms. The Morgan fingerprint density at radius 1 is 1.42 bits per heavy atom. The first-order valence-corrected chi connectivity index (χ1v) is 7.13. The molecule has 0 aromatic carbocycles. The van der Waals surface area contributed by atoms with Crippen LogP contribution >= 0.6 is 11.3 Å². The van der Waals surface area contributed by atoms with E-state index in [2.05, 4.69) is 4.98 Å². The van der Waals surface area contributed by atoms with Gasteiger partial charge in [0.05, 0.1) is 6.61 Å². The fourth-order valence-corrected chi connectivity index (χ4v) is 2.40. The lowest BCUT2D eigenvalue weighted by atomic mass is 10.4. The number of anilines is 2. The molecule has 0 bridgehead atoms. The van der Waals surface area contributed by atoms with Crippen molar-refractivity contribution in [2.75, 3.05) is 51.0 Å². The molecule has 2 N–H and O–H groups in total. The van der Waals surface area contributed by atoms with Crippen molar-refractivity contribution in [2.24, 2.45) is 0 Å². The van der Waals surface area contributed by atoms with E-state index < -0.39 is 0 Å². The van der Waals surface area contributed by atoms with E-state index in [1.807, 2.05) is 25.8 Å². The summed E-state index contributed by atoms with van der Waals surface area (Å²) in [5.74, 6) is 0.194. The maximum Gasteiger partial charge on any atom is 0.267 e. The molecule has 1 aromatic heterocycles. The van der Waals surface area contributed by atoms with Crippen LogP contribution in [0.1, 0.15) is 23.5 Å². The number of nitrogen functional groups attached to an aromatic ring is 1. The predicted octanol–water partition coefficient (Wildman–Crippen LogP) is 1.29. The summed E-state index contributed by atoms with van der Waals surface area (Å²) in [5, 5.41) is 0.765. The minimum atomic E-state index is -0.106. The number of carbonyl (C=O) groups excluding carboxylic acids is 1. The molecule has 7 heteroatoms. The molecule has 6 nitrogen and oxygen atoms in total. The Kier molecular flexibility index (Phi) is 6.04. The molecule has 0 saturated carbocycles. The van der Waals surface area contributed by atoms with E-state index >= 15 is 0 Å². The van der Waals surface area contributed by atoms with Gasteiger partial charge in [-0.15, -0.1) is 0 Å². The van der Waals surface area contributed by atoms with Crippen LogP contribution < -0.4 is 10.6 Å². The zero-order chi connectivity index (χ0) is 14.4. The van der Waals surface area contributed by atoms with Crippen molar-refractivity contribution in [1.29, 1.82) is 0 Å². The Morgan fingerprint density at radius 3 is 2.68 bits per heavy atom. The van der Waals surface area contributed by atoms with Crippen molar-refractivity contribution in [3.63, 3.8) is 0 Å². The van der Waals surface area contributed by atoms with Crippen LogP contribution in [0.15, 0.2) is 0 Å². The van der Waals surface area contributed by atoms with Gasteiger partial charge >= 0.3 is 0 Å². The first kappa shape index (κ1) is 15.7. The molecule has 0 aliphatic rings. The second-order valence-electron chi connectivity index (χ2n) is 4.15. The lowest BCUT2D eigenvalue weighted by Gasteiger charge is -2.16. The van der Waals surface area contributed by atoms with Crippen molar-refractivity contribution in [3.8, 4) is 0 Å². The number of hydrogen-bond acceptors (Lipinski definition) is 6. The highest BCUT2D eigenvalue weighted by atomic mass is 32.1. The van der Waals surface area contributed by atoms with Crippen LogP contribution in [0.4, 0.5) is 10.9 Å². The standard InChI is InChI=1S/C12H22N4O2S/c1-5-15(3)12-14-10(13)9(19-12)11(17)16(4)7-8-18-6-2/h5-8,13H2,1-4H3. The average Bonchev–Trinajstić information content (AvgIpc) is 2.79. The summed E-state index contributed by atoms with van der Waals surface area (Å²) >= 11 is 1.33. The van der Waals surface area contributed by atoms with Gasteiger partial charge in [0.25, 0.3) is 5.91 Å². The molecule has 1 heterocycles. The number of hydrogen-bond donors (Lipinski definition) is 1. The Morgan fingerprint density at radius 2 is 2.11 bits per heavy atom. The van der Waals surface area contributed by atoms with Crippen LogP contribution in [-0.2, 0) is 4.74 Å². The van der Waals surface area contributed by atoms with Gasteiger partial charge in [0, 0.05) is 33.8 Å². The van der Waals surface area contributed by atoms with Gasteiger partial charge in [0.1, 0.15) is 10.7 Å². The maximum absolute atomic E-state index is 12.2. The molecular formula is C12H22N4O2S. The monoisotopic (exact) mass is 286 g/mol. The number of likely N-dealkylation sites (N-methyl/N-ethyl adjacent to an activating group) is 1. The second kappa shape index (κ2) is 7.30. The van der Waals surface area contributed by atoms with Crippen LogP contribution in [0.2, 0.25) is 0 Å². The molecule has 108 valence electrons. The van der Waals surface area contributed by atoms with Crippen LogP contribution in [-0.4, -0.2) is 56.2 Å². The van der Waals surface area contributed by atoms with Gasteiger partial charge < -0.3 is 20.3 Å². The van der Waals surface area contributed by atoms with Gasteiger partial charge in [-0.3, -0.25) is 4.79 Å². The Balaban J connectivity index is 2.73. The van der Waals surface area contributed by atoms with Gasteiger partial charge in [-0.2, -0.15) is 0 Å². The molecule has 0 spiro atoms. The van der Waals surface area contributed by atoms with Gasteiger partial charge in [0.2, 0.25) is 0 Å². The molecule has 1 rings (SSSR count). The molecule has 1 amide bonds. The quantitative estimate of drug-likeness (QED) is 0.765. The first-order valence-electron chi connectivity index (χ1n) is 6.31. The number of carbonyl (C=O) groups is 1. The number of nitrogens with zero attached hydrogens (tertiary/aromatic N) is 3. The van der Waals surface area contributed by atoms with Crippen molar-refractivity contribution in [2.45, 2.75) is 13.8 Å². The molecule has 0 saturated heterocycles. The summed E-state index contributed by atoms with van der Waals surface area (Å²) in [6.45, 7) is 6.49. The Labute approximate surface area is 118 Å². The number of nitrogens with two attached hydrogens (primary N) is 1.